The molecule has 4 N–H and O–H groups in total. The zero-order chi connectivity index (χ0) is 15.7. The third-order valence-electron chi connectivity index (χ3n) is 3.46. The van der Waals surface area contributed by atoms with E-state index in [1.165, 1.54) is 0 Å². The van der Waals surface area contributed by atoms with E-state index in [-0.39, 0.29) is 11.8 Å². The fourth-order valence-corrected chi connectivity index (χ4v) is 1.97. The molecule has 2 atom stereocenters. The molecule has 0 fully saturated rings. The Morgan fingerprint density at radius 3 is 2.48 bits per heavy atom. The van der Waals surface area contributed by atoms with Crippen LogP contribution in [0, 0.1) is 5.92 Å². The third-order valence-corrected chi connectivity index (χ3v) is 3.46. The van der Waals surface area contributed by atoms with Crippen LogP contribution in [0.1, 0.15) is 31.7 Å². The summed E-state index contributed by atoms with van der Waals surface area (Å²) in [6.07, 6.45) is 2.00. The van der Waals surface area contributed by atoms with Gasteiger partial charge in [0.15, 0.2) is 0 Å². The highest BCUT2D eigenvalue weighted by Crippen LogP contribution is 2.07. The number of carboxylic acids is 1. The zero-order valence-corrected chi connectivity index (χ0v) is 12.4. The first-order valence-electron chi connectivity index (χ1n) is 7.29. The predicted molar refractivity (Wildman–Crippen MR) is 81.8 cm³/mol. The molecule has 5 heteroatoms. The molecule has 0 bridgehead atoms. The second-order valence-electron chi connectivity index (χ2n) is 5.36. The number of nitrogens with two attached hydrogens (primary N) is 1. The summed E-state index contributed by atoms with van der Waals surface area (Å²) in [6.45, 7) is 2.50. The number of amides is 1. The van der Waals surface area contributed by atoms with Crippen LogP contribution in [0.3, 0.4) is 0 Å². The fourth-order valence-electron chi connectivity index (χ4n) is 1.97. The van der Waals surface area contributed by atoms with Gasteiger partial charge in [-0.05, 0) is 37.3 Å². The molecule has 0 aliphatic carbocycles. The lowest BCUT2D eigenvalue weighted by atomic mass is 10.0. The molecule has 0 aliphatic rings. The molecule has 21 heavy (non-hydrogen) atoms. The summed E-state index contributed by atoms with van der Waals surface area (Å²) in [5.74, 6) is -0.953. The van der Waals surface area contributed by atoms with Crippen LogP contribution in [-0.4, -0.2) is 29.6 Å². The normalized spacial score (nSPS) is 13.4. The highest BCUT2D eigenvalue weighted by Gasteiger charge is 2.19. The van der Waals surface area contributed by atoms with Gasteiger partial charge in [-0.25, -0.2) is 4.79 Å². The molecule has 5 nitrogen and oxygen atoms in total. The van der Waals surface area contributed by atoms with Gasteiger partial charge in [0, 0.05) is 6.42 Å². The number of carbonyl (C=O) groups is 2. The second kappa shape index (κ2) is 9.13. The molecule has 0 saturated heterocycles. The number of carbonyl (C=O) groups excluding carboxylic acids is 1. The van der Waals surface area contributed by atoms with E-state index in [9.17, 15) is 14.7 Å². The summed E-state index contributed by atoms with van der Waals surface area (Å²) in [4.78, 5) is 23.0. The third kappa shape index (κ3) is 6.90. The van der Waals surface area contributed by atoms with Crippen LogP contribution in [0.5, 0.6) is 0 Å². The molecule has 1 rings (SSSR count). The molecule has 116 valence electrons. The van der Waals surface area contributed by atoms with Gasteiger partial charge in [0.25, 0.3) is 0 Å². The molecular weight excluding hydrogens is 268 g/mol. The van der Waals surface area contributed by atoms with Crippen LogP contribution in [0.4, 0.5) is 0 Å². The predicted octanol–water partition coefficient (Wildman–Crippen LogP) is 1.56. The molecule has 0 spiro atoms. The minimum atomic E-state index is -0.994. The van der Waals surface area contributed by atoms with Crippen molar-refractivity contribution < 1.29 is 14.7 Å². The maximum Gasteiger partial charge on any atom is 0.326 e. The van der Waals surface area contributed by atoms with Gasteiger partial charge in [0.2, 0.25) is 5.91 Å². The number of rotatable bonds is 9. The van der Waals surface area contributed by atoms with Crippen LogP contribution in [0.2, 0.25) is 0 Å². The fraction of sp³-hybridized carbons (Fsp3) is 0.500. The molecule has 1 aromatic carbocycles. The van der Waals surface area contributed by atoms with Crippen molar-refractivity contribution in [3.63, 3.8) is 0 Å². The van der Waals surface area contributed by atoms with E-state index in [2.05, 4.69) is 5.32 Å². The molecule has 1 aromatic rings. The Hall–Kier alpha value is -1.88. The number of benzene rings is 1. The first-order chi connectivity index (χ1) is 10.0. The van der Waals surface area contributed by atoms with Gasteiger partial charge in [-0.2, -0.15) is 0 Å². The molecule has 0 aliphatic heterocycles. The summed E-state index contributed by atoms with van der Waals surface area (Å²) in [5, 5.41) is 11.8. The van der Waals surface area contributed by atoms with E-state index in [0.29, 0.717) is 32.2 Å². The zero-order valence-electron chi connectivity index (χ0n) is 12.4. The van der Waals surface area contributed by atoms with Crippen molar-refractivity contribution in [1.29, 1.82) is 0 Å². The summed E-state index contributed by atoms with van der Waals surface area (Å²) in [6, 6.07) is 8.80. The van der Waals surface area contributed by atoms with E-state index >= 15 is 0 Å². The van der Waals surface area contributed by atoms with Gasteiger partial charge in [-0.1, -0.05) is 37.3 Å². The summed E-state index contributed by atoms with van der Waals surface area (Å²) in [7, 11) is 0. The quantitative estimate of drug-likeness (QED) is 0.644. The molecule has 1 unspecified atom stereocenters. The Kier molecular flexibility index (Phi) is 7.46. The van der Waals surface area contributed by atoms with Crippen molar-refractivity contribution in [1.82, 2.24) is 5.32 Å². The molecule has 0 heterocycles. The van der Waals surface area contributed by atoms with Crippen molar-refractivity contribution in [2.75, 3.05) is 6.54 Å². The maximum atomic E-state index is 11.8. The molecular formula is C16H24N2O3. The summed E-state index contributed by atoms with van der Waals surface area (Å²) in [5.41, 5.74) is 6.56. The van der Waals surface area contributed by atoms with Gasteiger partial charge in [-0.3, -0.25) is 4.79 Å². The van der Waals surface area contributed by atoms with E-state index in [1.54, 1.807) is 0 Å². The first-order valence-corrected chi connectivity index (χ1v) is 7.29. The standard InChI is InChI=1S/C16H24N2O3/c1-12(11-17)7-10-15(19)18-14(16(20)21)9-8-13-5-3-2-4-6-13/h2-6,12,14H,7-11,17H2,1H3,(H,18,19)(H,20,21)/t12?,14-/m0/s1. The van der Waals surface area contributed by atoms with Gasteiger partial charge in [-0.15, -0.1) is 0 Å². The minimum absolute atomic E-state index is 0.226. The number of hydrogen-bond donors (Lipinski definition) is 3. The maximum absolute atomic E-state index is 11.8. The van der Waals surface area contributed by atoms with Crippen molar-refractivity contribution >= 4 is 11.9 Å². The average Bonchev–Trinajstić information content (AvgIpc) is 2.49. The Morgan fingerprint density at radius 1 is 1.24 bits per heavy atom. The molecule has 0 radical (unpaired) electrons. The lowest BCUT2D eigenvalue weighted by molar-refractivity contribution is -0.142. The van der Waals surface area contributed by atoms with E-state index in [4.69, 9.17) is 5.73 Å². The Bertz CT molecular complexity index is 448. The van der Waals surface area contributed by atoms with E-state index in [0.717, 1.165) is 5.56 Å². The van der Waals surface area contributed by atoms with Crippen molar-refractivity contribution in [3.8, 4) is 0 Å². The summed E-state index contributed by atoms with van der Waals surface area (Å²) >= 11 is 0. The monoisotopic (exact) mass is 292 g/mol. The van der Waals surface area contributed by atoms with Crippen LogP contribution in [0.25, 0.3) is 0 Å². The number of nitrogens with one attached hydrogen (secondary N) is 1. The van der Waals surface area contributed by atoms with Gasteiger partial charge >= 0.3 is 5.97 Å². The Morgan fingerprint density at radius 2 is 1.90 bits per heavy atom. The van der Waals surface area contributed by atoms with E-state index < -0.39 is 12.0 Å². The lowest BCUT2D eigenvalue weighted by Crippen LogP contribution is -2.41. The first kappa shape index (κ1) is 17.2. The van der Waals surface area contributed by atoms with Crippen LogP contribution in [-0.2, 0) is 16.0 Å². The smallest absolute Gasteiger partial charge is 0.326 e. The number of carboxylic acid groups (broad SMARTS) is 1. The highest BCUT2D eigenvalue weighted by molar-refractivity contribution is 5.83. The highest BCUT2D eigenvalue weighted by atomic mass is 16.4. The van der Waals surface area contributed by atoms with Crippen molar-refractivity contribution in [3.05, 3.63) is 35.9 Å². The number of hydrogen-bond acceptors (Lipinski definition) is 3. The second-order valence-corrected chi connectivity index (χ2v) is 5.36. The van der Waals surface area contributed by atoms with E-state index in [1.807, 2.05) is 37.3 Å². The Balaban J connectivity index is 2.42. The van der Waals surface area contributed by atoms with Crippen molar-refractivity contribution in [2.24, 2.45) is 11.7 Å². The number of aliphatic carboxylic acids is 1. The molecule has 0 saturated carbocycles. The van der Waals surface area contributed by atoms with Gasteiger partial charge in [0.1, 0.15) is 6.04 Å². The topological polar surface area (TPSA) is 92.4 Å². The SMILES string of the molecule is CC(CN)CCC(=O)N[C@@H](CCc1ccccc1)C(=O)O. The largest absolute Gasteiger partial charge is 0.480 e. The van der Waals surface area contributed by atoms with Gasteiger partial charge < -0.3 is 16.2 Å². The van der Waals surface area contributed by atoms with Crippen LogP contribution < -0.4 is 11.1 Å². The minimum Gasteiger partial charge on any atom is -0.480 e. The summed E-state index contributed by atoms with van der Waals surface area (Å²) < 4.78 is 0. The van der Waals surface area contributed by atoms with Gasteiger partial charge in [0.05, 0.1) is 0 Å². The van der Waals surface area contributed by atoms with Crippen molar-refractivity contribution in [2.45, 2.75) is 38.6 Å². The molecule has 1 amide bonds. The lowest BCUT2D eigenvalue weighted by Gasteiger charge is -2.15. The van der Waals surface area contributed by atoms with Crippen LogP contribution in [0.15, 0.2) is 30.3 Å². The average molecular weight is 292 g/mol. The molecule has 0 aromatic heterocycles. The number of aryl methyl sites for hydroxylation is 1. The van der Waals surface area contributed by atoms with Crippen LogP contribution >= 0.6 is 0 Å². The Labute approximate surface area is 125 Å².